The Balaban J connectivity index is 1.89. The Morgan fingerprint density at radius 2 is 1.84 bits per heavy atom. The molecule has 0 unspecified atom stereocenters. The molecule has 1 heterocycles. The van der Waals surface area contributed by atoms with Crippen molar-refractivity contribution in [2.24, 2.45) is 12.0 Å². The van der Waals surface area contributed by atoms with Crippen LogP contribution in [0.25, 0.3) is 0 Å². The second-order valence-electron chi connectivity index (χ2n) is 6.49. The molecule has 10 heteroatoms. The zero-order chi connectivity index (χ0) is 22.6. The van der Waals surface area contributed by atoms with Crippen LogP contribution < -0.4 is 9.52 Å². The van der Waals surface area contributed by atoms with Gasteiger partial charge in [-0.3, -0.25) is 9.52 Å². The van der Waals surface area contributed by atoms with Gasteiger partial charge < -0.3 is 9.30 Å². The van der Waals surface area contributed by atoms with Crippen LogP contribution in [0.15, 0.2) is 64.5 Å². The number of nitrogens with one attached hydrogen (secondary N) is 1. The van der Waals surface area contributed by atoms with Gasteiger partial charge in [-0.2, -0.15) is 4.99 Å². The molecule has 3 rings (SSSR count). The summed E-state index contributed by atoms with van der Waals surface area (Å²) in [7, 11) is -2.08. The van der Waals surface area contributed by atoms with Crippen molar-refractivity contribution in [2.75, 3.05) is 11.3 Å². The van der Waals surface area contributed by atoms with Crippen molar-refractivity contribution in [3.63, 3.8) is 0 Å². The third kappa shape index (κ3) is 5.09. The largest absolute Gasteiger partial charge is 0.462 e. The smallest absolute Gasteiger partial charge is 0.350 e. The van der Waals surface area contributed by atoms with Crippen molar-refractivity contribution in [1.82, 2.24) is 4.57 Å². The quantitative estimate of drug-likeness (QED) is 0.570. The minimum absolute atomic E-state index is 0.115. The molecule has 0 radical (unpaired) electrons. The molecule has 0 fully saturated rings. The maximum Gasteiger partial charge on any atom is 0.350 e. The number of thiazole rings is 1. The third-order valence-electron chi connectivity index (χ3n) is 4.39. The van der Waals surface area contributed by atoms with Gasteiger partial charge in [-0.1, -0.05) is 35.6 Å². The maximum atomic E-state index is 12.7. The molecule has 0 atom stereocenters. The summed E-state index contributed by atoms with van der Waals surface area (Å²) in [4.78, 5) is 29.7. The first-order chi connectivity index (χ1) is 14.7. The average molecular weight is 460 g/mol. The Bertz CT molecular complexity index is 1290. The van der Waals surface area contributed by atoms with Crippen LogP contribution in [0.2, 0.25) is 0 Å². The first kappa shape index (κ1) is 22.4. The van der Waals surface area contributed by atoms with Gasteiger partial charge in [0.15, 0.2) is 4.80 Å². The van der Waals surface area contributed by atoms with Crippen molar-refractivity contribution in [3.8, 4) is 0 Å². The number of carbonyl (C=O) groups is 2. The summed E-state index contributed by atoms with van der Waals surface area (Å²) in [6.45, 7) is 3.71. The fourth-order valence-electron chi connectivity index (χ4n) is 2.69. The second-order valence-corrected chi connectivity index (χ2v) is 9.15. The van der Waals surface area contributed by atoms with Gasteiger partial charge in [0.25, 0.3) is 15.9 Å². The van der Waals surface area contributed by atoms with Crippen LogP contribution in [-0.2, 0) is 21.8 Å². The summed E-state index contributed by atoms with van der Waals surface area (Å²) in [5.41, 5.74) is 1.08. The molecule has 31 heavy (non-hydrogen) atoms. The highest BCUT2D eigenvalue weighted by atomic mass is 32.2. The number of sulfonamides is 1. The number of ether oxygens (including phenoxy) is 1. The fraction of sp³-hybridized carbons (Fsp3) is 0.190. The maximum absolute atomic E-state index is 12.7. The first-order valence-corrected chi connectivity index (χ1v) is 11.6. The van der Waals surface area contributed by atoms with Crippen molar-refractivity contribution >= 4 is 38.9 Å². The van der Waals surface area contributed by atoms with Crippen LogP contribution >= 0.6 is 11.3 Å². The molecule has 8 nitrogen and oxygen atoms in total. The van der Waals surface area contributed by atoms with Gasteiger partial charge >= 0.3 is 5.97 Å². The molecule has 162 valence electrons. The Morgan fingerprint density at radius 3 is 2.52 bits per heavy atom. The Kier molecular flexibility index (Phi) is 6.71. The van der Waals surface area contributed by atoms with Gasteiger partial charge in [-0.25, -0.2) is 13.2 Å². The highest BCUT2D eigenvalue weighted by Crippen LogP contribution is 2.18. The van der Waals surface area contributed by atoms with Gasteiger partial charge in [0.1, 0.15) is 4.88 Å². The van der Waals surface area contributed by atoms with E-state index in [-0.39, 0.29) is 22.8 Å². The van der Waals surface area contributed by atoms with Crippen LogP contribution in [0.3, 0.4) is 0 Å². The summed E-state index contributed by atoms with van der Waals surface area (Å²) >= 11 is 1.06. The van der Waals surface area contributed by atoms with E-state index in [0.29, 0.717) is 15.4 Å². The van der Waals surface area contributed by atoms with Crippen molar-refractivity contribution in [1.29, 1.82) is 0 Å². The topological polar surface area (TPSA) is 107 Å². The summed E-state index contributed by atoms with van der Waals surface area (Å²) in [6.07, 6.45) is 0. The van der Waals surface area contributed by atoms with E-state index >= 15 is 0 Å². The van der Waals surface area contributed by atoms with Gasteiger partial charge in [0, 0.05) is 24.0 Å². The number of benzene rings is 2. The Labute approximate surface area is 183 Å². The second kappa shape index (κ2) is 9.27. The zero-order valence-corrected chi connectivity index (χ0v) is 18.8. The van der Waals surface area contributed by atoms with Crippen LogP contribution in [0.1, 0.15) is 32.6 Å². The number of carbonyl (C=O) groups excluding carboxylic acids is 2. The van der Waals surface area contributed by atoms with Crippen molar-refractivity contribution in [3.05, 3.63) is 75.5 Å². The number of anilines is 1. The van der Waals surface area contributed by atoms with E-state index < -0.39 is 21.9 Å². The highest BCUT2D eigenvalue weighted by molar-refractivity contribution is 7.92. The van der Waals surface area contributed by atoms with Crippen LogP contribution in [0.4, 0.5) is 5.69 Å². The number of hydrogen-bond donors (Lipinski definition) is 1. The van der Waals surface area contributed by atoms with Crippen LogP contribution in [0, 0.1) is 6.92 Å². The summed E-state index contributed by atoms with van der Waals surface area (Å²) in [5, 5.41) is 0. The SMILES string of the molecule is CCOC(=O)c1sc(=NC(=O)c2cccc(NS(=O)(=O)c3ccccc3)c2)n(C)c1C. The van der Waals surface area contributed by atoms with E-state index in [9.17, 15) is 18.0 Å². The minimum atomic E-state index is -3.78. The van der Waals surface area contributed by atoms with Gasteiger partial charge in [0.05, 0.1) is 11.5 Å². The lowest BCUT2D eigenvalue weighted by molar-refractivity contribution is 0.0530. The molecular weight excluding hydrogens is 438 g/mol. The lowest BCUT2D eigenvalue weighted by Gasteiger charge is -2.08. The average Bonchev–Trinajstić information content (AvgIpc) is 3.03. The molecule has 0 aliphatic heterocycles. The van der Waals surface area contributed by atoms with Crippen LogP contribution in [0.5, 0.6) is 0 Å². The summed E-state index contributed by atoms with van der Waals surface area (Å²) in [6, 6.07) is 14.0. The molecule has 1 N–H and O–H groups in total. The summed E-state index contributed by atoms with van der Waals surface area (Å²) in [5.74, 6) is -1.03. The number of hydrogen-bond acceptors (Lipinski definition) is 6. The van der Waals surface area contributed by atoms with Crippen LogP contribution in [-0.4, -0.2) is 31.5 Å². The number of nitrogens with zero attached hydrogens (tertiary/aromatic N) is 2. The molecule has 0 bridgehead atoms. The van der Waals surface area contributed by atoms with Crippen molar-refractivity contribution < 1.29 is 22.7 Å². The van der Waals surface area contributed by atoms with Gasteiger partial charge in [-0.15, -0.1) is 0 Å². The van der Waals surface area contributed by atoms with E-state index in [1.165, 1.54) is 18.2 Å². The fourth-order valence-corrected chi connectivity index (χ4v) is 4.78. The van der Waals surface area contributed by atoms with E-state index in [1.54, 1.807) is 61.9 Å². The minimum Gasteiger partial charge on any atom is -0.462 e. The Morgan fingerprint density at radius 1 is 1.13 bits per heavy atom. The van der Waals surface area contributed by atoms with E-state index in [1.807, 2.05) is 0 Å². The molecule has 0 aliphatic rings. The van der Waals surface area contributed by atoms with Gasteiger partial charge in [-0.05, 0) is 44.2 Å². The molecule has 0 aliphatic carbocycles. The van der Waals surface area contributed by atoms with Crippen molar-refractivity contribution in [2.45, 2.75) is 18.7 Å². The van der Waals surface area contributed by atoms with Gasteiger partial charge in [0.2, 0.25) is 0 Å². The lowest BCUT2D eigenvalue weighted by atomic mass is 10.2. The number of amides is 1. The number of aromatic nitrogens is 1. The summed E-state index contributed by atoms with van der Waals surface area (Å²) < 4.78 is 34.2. The lowest BCUT2D eigenvalue weighted by Crippen LogP contribution is -2.15. The molecular formula is C21H21N3O5S2. The predicted octanol–water partition coefficient (Wildman–Crippen LogP) is 3.11. The van der Waals surface area contributed by atoms with E-state index in [4.69, 9.17) is 4.74 Å². The highest BCUT2D eigenvalue weighted by Gasteiger charge is 2.18. The zero-order valence-electron chi connectivity index (χ0n) is 17.2. The number of esters is 1. The van der Waals surface area contributed by atoms with E-state index in [0.717, 1.165) is 11.3 Å². The molecule has 0 saturated heterocycles. The standard InChI is InChI=1S/C21H21N3O5S2/c1-4-29-20(26)18-14(2)24(3)21(30-18)22-19(25)15-9-8-10-16(13-15)23-31(27,28)17-11-6-5-7-12-17/h5-13,23H,4H2,1-3H3. The molecule has 2 aromatic carbocycles. The monoisotopic (exact) mass is 459 g/mol. The predicted molar refractivity (Wildman–Crippen MR) is 118 cm³/mol. The third-order valence-corrected chi connectivity index (χ3v) is 7.00. The molecule has 0 saturated carbocycles. The molecule has 1 amide bonds. The molecule has 3 aromatic rings. The normalized spacial score (nSPS) is 11.9. The number of rotatable bonds is 6. The first-order valence-electron chi connectivity index (χ1n) is 9.33. The Hall–Kier alpha value is -3.24. The molecule has 1 aromatic heterocycles. The molecule has 0 spiro atoms. The van der Waals surface area contributed by atoms with E-state index in [2.05, 4.69) is 9.71 Å².